The summed E-state index contributed by atoms with van der Waals surface area (Å²) in [5, 5.41) is 23.7. The van der Waals surface area contributed by atoms with E-state index in [0.717, 1.165) is 0 Å². The van der Waals surface area contributed by atoms with Gasteiger partial charge in [0.1, 0.15) is 5.82 Å². The Morgan fingerprint density at radius 2 is 1.96 bits per heavy atom. The molecule has 2 amide bonds. The van der Waals surface area contributed by atoms with E-state index >= 15 is 0 Å². The molecule has 0 aliphatic heterocycles. The van der Waals surface area contributed by atoms with Gasteiger partial charge in [-0.1, -0.05) is 12.1 Å². The molecule has 1 aliphatic rings. The average molecular weight is 324 g/mol. The molecular weight excluding hydrogens is 303 g/mol. The fourth-order valence-corrected chi connectivity index (χ4v) is 2.83. The van der Waals surface area contributed by atoms with Gasteiger partial charge < -0.3 is 20.8 Å². The number of amides is 2. The van der Waals surface area contributed by atoms with Crippen molar-refractivity contribution in [3.05, 3.63) is 35.6 Å². The number of hydrogen-bond acceptors (Lipinski definition) is 3. The third-order valence-corrected chi connectivity index (χ3v) is 4.15. The fraction of sp³-hybridized carbons (Fsp3) is 0.500. The van der Waals surface area contributed by atoms with Gasteiger partial charge in [0.05, 0.1) is 18.6 Å². The minimum atomic E-state index is -0.792. The Kier molecular flexibility index (Phi) is 5.92. The Labute approximate surface area is 133 Å². The summed E-state index contributed by atoms with van der Waals surface area (Å²) in [7, 11) is 0. The summed E-state index contributed by atoms with van der Waals surface area (Å²) in [6, 6.07) is 4.46. The molecule has 23 heavy (non-hydrogen) atoms. The van der Waals surface area contributed by atoms with Crippen molar-refractivity contribution in [1.29, 1.82) is 0 Å². The minimum absolute atomic E-state index is 0.0857. The molecule has 1 saturated carbocycles. The number of benzene rings is 1. The monoisotopic (exact) mass is 324 g/mol. The van der Waals surface area contributed by atoms with E-state index in [1.54, 1.807) is 6.07 Å². The molecular formula is C16H21FN2O4. The van der Waals surface area contributed by atoms with Crippen LogP contribution in [0.15, 0.2) is 24.3 Å². The number of carboxylic acid groups (broad SMARTS) is 1. The molecule has 1 aromatic rings. The zero-order chi connectivity index (χ0) is 16.8. The summed E-state index contributed by atoms with van der Waals surface area (Å²) >= 11 is 0. The number of aliphatic hydroxyl groups is 1. The van der Waals surface area contributed by atoms with Gasteiger partial charge in [-0.25, -0.2) is 9.18 Å². The number of hydrogen-bond donors (Lipinski definition) is 4. The van der Waals surface area contributed by atoms with Crippen LogP contribution in [-0.4, -0.2) is 34.9 Å². The smallest absolute Gasteiger partial charge is 0.315 e. The molecule has 2 rings (SSSR count). The van der Waals surface area contributed by atoms with E-state index in [9.17, 15) is 19.1 Å². The molecule has 1 aromatic carbocycles. The Bertz CT molecular complexity index is 559. The van der Waals surface area contributed by atoms with Gasteiger partial charge in [-0.05, 0) is 43.4 Å². The van der Waals surface area contributed by atoms with E-state index in [0.29, 0.717) is 31.2 Å². The maximum absolute atomic E-state index is 13.2. The lowest BCUT2D eigenvalue weighted by molar-refractivity contribution is -0.142. The van der Waals surface area contributed by atoms with Crippen LogP contribution in [0.4, 0.5) is 9.18 Å². The van der Waals surface area contributed by atoms with Gasteiger partial charge >= 0.3 is 12.0 Å². The molecule has 0 saturated heterocycles. The number of aliphatic hydroxyl groups excluding tert-OH is 1. The van der Waals surface area contributed by atoms with Crippen LogP contribution in [0.5, 0.6) is 0 Å². The van der Waals surface area contributed by atoms with Gasteiger partial charge in [0.2, 0.25) is 0 Å². The van der Waals surface area contributed by atoms with Crippen LogP contribution < -0.4 is 10.6 Å². The van der Waals surface area contributed by atoms with Gasteiger partial charge in [-0.15, -0.1) is 0 Å². The highest BCUT2D eigenvalue weighted by molar-refractivity contribution is 5.75. The van der Waals surface area contributed by atoms with E-state index in [2.05, 4.69) is 10.6 Å². The van der Waals surface area contributed by atoms with Gasteiger partial charge in [-0.3, -0.25) is 4.79 Å². The van der Waals surface area contributed by atoms with E-state index in [1.165, 1.54) is 18.2 Å². The van der Waals surface area contributed by atoms with Crippen molar-refractivity contribution < 1.29 is 24.2 Å². The maximum atomic E-state index is 13.2. The molecule has 0 spiro atoms. The Hall–Kier alpha value is -2.15. The van der Waals surface area contributed by atoms with Crippen molar-refractivity contribution in [3.63, 3.8) is 0 Å². The lowest BCUT2D eigenvalue weighted by Crippen LogP contribution is -2.45. The highest BCUT2D eigenvalue weighted by Crippen LogP contribution is 2.24. The summed E-state index contributed by atoms with van der Waals surface area (Å²) < 4.78 is 13.2. The van der Waals surface area contributed by atoms with Crippen LogP contribution in [0.1, 0.15) is 37.3 Å². The first-order valence-corrected chi connectivity index (χ1v) is 7.65. The first-order valence-electron chi connectivity index (χ1n) is 7.65. The van der Waals surface area contributed by atoms with Crippen LogP contribution in [0, 0.1) is 11.7 Å². The zero-order valence-electron chi connectivity index (χ0n) is 12.7. The van der Waals surface area contributed by atoms with E-state index < -0.39 is 23.9 Å². The minimum Gasteiger partial charge on any atom is -0.481 e. The van der Waals surface area contributed by atoms with Gasteiger partial charge in [0.15, 0.2) is 0 Å². The number of aliphatic carboxylic acids is 1. The van der Waals surface area contributed by atoms with Crippen molar-refractivity contribution in [2.24, 2.45) is 5.92 Å². The number of urea groups is 1. The first kappa shape index (κ1) is 17.2. The second-order valence-electron chi connectivity index (χ2n) is 5.79. The molecule has 7 heteroatoms. The molecule has 6 nitrogen and oxygen atoms in total. The Balaban J connectivity index is 1.85. The van der Waals surface area contributed by atoms with Crippen molar-refractivity contribution in [2.75, 3.05) is 6.61 Å². The lowest BCUT2D eigenvalue weighted by atomic mass is 9.86. The summed E-state index contributed by atoms with van der Waals surface area (Å²) in [6.07, 6.45) is 2.28. The molecule has 126 valence electrons. The number of halogens is 1. The van der Waals surface area contributed by atoms with Crippen LogP contribution in [0.25, 0.3) is 0 Å². The molecule has 0 aromatic heterocycles. The van der Waals surface area contributed by atoms with Crippen molar-refractivity contribution >= 4 is 12.0 Å². The van der Waals surface area contributed by atoms with Gasteiger partial charge in [-0.2, -0.15) is 0 Å². The maximum Gasteiger partial charge on any atom is 0.315 e. The van der Waals surface area contributed by atoms with Crippen molar-refractivity contribution in [2.45, 2.75) is 37.8 Å². The normalized spacial score (nSPS) is 22.2. The molecule has 1 aliphatic carbocycles. The predicted molar refractivity (Wildman–Crippen MR) is 81.3 cm³/mol. The van der Waals surface area contributed by atoms with Gasteiger partial charge in [0, 0.05) is 6.04 Å². The second kappa shape index (κ2) is 7.92. The number of carbonyl (C=O) groups is 2. The quantitative estimate of drug-likeness (QED) is 0.664. The van der Waals surface area contributed by atoms with E-state index in [-0.39, 0.29) is 18.6 Å². The molecule has 0 radical (unpaired) electrons. The zero-order valence-corrected chi connectivity index (χ0v) is 12.7. The van der Waals surface area contributed by atoms with Crippen molar-refractivity contribution in [1.82, 2.24) is 10.6 Å². The molecule has 1 fully saturated rings. The number of carboxylic acids is 1. The van der Waals surface area contributed by atoms with E-state index in [1.807, 2.05) is 0 Å². The number of rotatable bonds is 5. The van der Waals surface area contributed by atoms with Crippen LogP contribution in [0.3, 0.4) is 0 Å². The topological polar surface area (TPSA) is 98.7 Å². The fourth-order valence-electron chi connectivity index (χ4n) is 2.83. The summed E-state index contributed by atoms with van der Waals surface area (Å²) in [5.74, 6) is -1.57. The third kappa shape index (κ3) is 4.92. The molecule has 1 unspecified atom stereocenters. The van der Waals surface area contributed by atoms with Crippen molar-refractivity contribution in [3.8, 4) is 0 Å². The highest BCUT2D eigenvalue weighted by atomic mass is 19.1. The lowest BCUT2D eigenvalue weighted by Gasteiger charge is -2.27. The molecule has 1 atom stereocenters. The van der Waals surface area contributed by atoms with Crippen LogP contribution in [0.2, 0.25) is 0 Å². The SMILES string of the molecule is O=C(NC1CCC(C(=O)O)CC1)NC(CO)c1cccc(F)c1. The summed E-state index contributed by atoms with van der Waals surface area (Å²) in [5.41, 5.74) is 0.484. The number of carbonyl (C=O) groups excluding carboxylic acids is 1. The molecule has 0 heterocycles. The van der Waals surface area contributed by atoms with Crippen LogP contribution >= 0.6 is 0 Å². The third-order valence-electron chi connectivity index (χ3n) is 4.15. The Morgan fingerprint density at radius 1 is 1.26 bits per heavy atom. The second-order valence-corrected chi connectivity index (χ2v) is 5.79. The van der Waals surface area contributed by atoms with E-state index in [4.69, 9.17) is 5.11 Å². The summed E-state index contributed by atoms with van der Waals surface area (Å²) in [6.45, 7) is -0.345. The highest BCUT2D eigenvalue weighted by Gasteiger charge is 2.27. The summed E-state index contributed by atoms with van der Waals surface area (Å²) in [4.78, 5) is 22.9. The first-order chi connectivity index (χ1) is 11.0. The van der Waals surface area contributed by atoms with Crippen LogP contribution in [-0.2, 0) is 4.79 Å². The van der Waals surface area contributed by atoms with Gasteiger partial charge in [0.25, 0.3) is 0 Å². The standard InChI is InChI=1S/C16H21FN2O4/c17-12-3-1-2-11(8-12)14(9-20)19-16(23)18-13-6-4-10(5-7-13)15(21)22/h1-3,8,10,13-14,20H,4-7,9H2,(H,21,22)(H2,18,19,23). The molecule has 0 bridgehead atoms. The average Bonchev–Trinajstić information content (AvgIpc) is 2.53. The molecule has 4 N–H and O–H groups in total. The number of nitrogens with one attached hydrogen (secondary N) is 2. The largest absolute Gasteiger partial charge is 0.481 e. The Morgan fingerprint density at radius 3 is 2.52 bits per heavy atom. The predicted octanol–water partition coefficient (Wildman–Crippen LogP) is 1.80.